The Bertz CT molecular complexity index is 2380. The summed E-state index contributed by atoms with van der Waals surface area (Å²) < 4.78 is 1.42. The van der Waals surface area contributed by atoms with Gasteiger partial charge in [0.1, 0.15) is 0 Å². The second-order valence-corrected chi connectivity index (χ2v) is 14.3. The van der Waals surface area contributed by atoms with E-state index in [-0.39, 0.29) is 24.8 Å². The van der Waals surface area contributed by atoms with Gasteiger partial charge in [0.05, 0.1) is 0 Å². The summed E-state index contributed by atoms with van der Waals surface area (Å²) in [6.45, 7) is 4.28. The molecule has 0 heterocycles. The molecule has 1 aliphatic rings. The fourth-order valence-electron chi connectivity index (χ4n) is 6.80. The summed E-state index contributed by atoms with van der Waals surface area (Å²) in [6, 6.07) is 68.6. The zero-order valence-corrected chi connectivity index (χ0v) is 34.4. The molecular formula is C51H40Cl2Zr-2. The average molecular weight is 815 g/mol. The SMILES string of the molecule is Cc1ccc2c(c1)[cH-]c1cc(C)ccc12.[C-]1=C(c2ccccc2)C(c2ccccc2)=C(c2ccccc2)C1.[Cl-].[Cl-].[Zr+2]=[C](c1ccccc1)c1ccccc1. The molecule has 0 bridgehead atoms. The topological polar surface area (TPSA) is 0 Å². The van der Waals surface area contributed by atoms with Crippen molar-refractivity contribution < 1.29 is 49.0 Å². The number of halogens is 2. The molecule has 1 aliphatic carbocycles. The molecule has 0 saturated heterocycles. The van der Waals surface area contributed by atoms with Crippen LogP contribution in [0.1, 0.15) is 45.4 Å². The van der Waals surface area contributed by atoms with E-state index in [0.717, 1.165) is 6.42 Å². The molecule has 0 nitrogen and oxygen atoms in total. The van der Waals surface area contributed by atoms with Crippen molar-refractivity contribution in [2.75, 3.05) is 0 Å². The van der Waals surface area contributed by atoms with Crippen LogP contribution in [0, 0.1) is 19.9 Å². The summed E-state index contributed by atoms with van der Waals surface area (Å²) in [5.41, 5.74) is 13.0. The summed E-state index contributed by atoms with van der Waals surface area (Å²) in [5.74, 6) is 0. The molecule has 3 heteroatoms. The van der Waals surface area contributed by atoms with Gasteiger partial charge < -0.3 is 24.8 Å². The Morgan fingerprint density at radius 3 is 1.31 bits per heavy atom. The minimum absolute atomic E-state index is 0. The summed E-state index contributed by atoms with van der Waals surface area (Å²) >= 11 is 1.46. The van der Waals surface area contributed by atoms with Crippen LogP contribution in [0.4, 0.5) is 0 Å². The third kappa shape index (κ3) is 9.66. The first-order chi connectivity index (χ1) is 25.5. The van der Waals surface area contributed by atoms with E-state index in [1.54, 1.807) is 0 Å². The van der Waals surface area contributed by atoms with Gasteiger partial charge in [0.15, 0.2) is 0 Å². The maximum absolute atomic E-state index is 3.61. The Hall–Kier alpha value is -4.78. The summed E-state index contributed by atoms with van der Waals surface area (Å²) in [6.07, 6.45) is 4.47. The van der Waals surface area contributed by atoms with E-state index in [1.807, 2.05) is 0 Å². The molecule has 54 heavy (non-hydrogen) atoms. The fraction of sp³-hybridized carbons (Fsp3) is 0.0588. The van der Waals surface area contributed by atoms with Crippen LogP contribution in [0.15, 0.2) is 194 Å². The Morgan fingerprint density at radius 1 is 0.481 bits per heavy atom. The Labute approximate surface area is 347 Å². The quantitative estimate of drug-likeness (QED) is 0.164. The van der Waals surface area contributed by atoms with Gasteiger partial charge in [0, 0.05) is 0 Å². The Balaban J connectivity index is 0.000000159. The van der Waals surface area contributed by atoms with Gasteiger partial charge in [-0.3, -0.25) is 0 Å². The van der Waals surface area contributed by atoms with Crippen molar-refractivity contribution in [1.82, 2.24) is 0 Å². The molecule has 0 saturated carbocycles. The Kier molecular flexibility index (Phi) is 14.6. The molecule has 0 unspecified atom stereocenters. The van der Waals surface area contributed by atoms with E-state index in [1.165, 1.54) is 105 Å². The third-order valence-corrected chi connectivity index (χ3v) is 10.8. The van der Waals surface area contributed by atoms with E-state index in [2.05, 4.69) is 214 Å². The normalized spacial score (nSPS) is 11.7. The van der Waals surface area contributed by atoms with Crippen LogP contribution in [0.3, 0.4) is 0 Å². The van der Waals surface area contributed by atoms with Crippen molar-refractivity contribution in [3.63, 3.8) is 0 Å². The van der Waals surface area contributed by atoms with Gasteiger partial charge in [-0.05, 0) is 19.4 Å². The first-order valence-corrected chi connectivity index (χ1v) is 19.0. The van der Waals surface area contributed by atoms with E-state index >= 15 is 0 Å². The molecule has 0 radical (unpaired) electrons. The molecule has 0 fully saturated rings. The van der Waals surface area contributed by atoms with Gasteiger partial charge in [-0.1, -0.05) is 132 Å². The van der Waals surface area contributed by atoms with Crippen LogP contribution in [0.25, 0.3) is 38.3 Å². The van der Waals surface area contributed by atoms with Crippen LogP contribution in [0.5, 0.6) is 0 Å². The molecule has 9 rings (SSSR count). The fourth-order valence-corrected chi connectivity index (χ4v) is 7.62. The van der Waals surface area contributed by atoms with Crippen LogP contribution in [-0.4, -0.2) is 3.21 Å². The van der Waals surface area contributed by atoms with E-state index in [9.17, 15) is 0 Å². The van der Waals surface area contributed by atoms with Crippen LogP contribution >= 0.6 is 0 Å². The van der Waals surface area contributed by atoms with E-state index in [0.29, 0.717) is 0 Å². The number of hydrogen-bond donors (Lipinski definition) is 0. The first-order valence-electron chi connectivity index (χ1n) is 17.8. The first kappa shape index (κ1) is 40.4. The van der Waals surface area contributed by atoms with Crippen LogP contribution < -0.4 is 24.8 Å². The number of allylic oxidation sites excluding steroid dienone is 4. The van der Waals surface area contributed by atoms with Crippen molar-refractivity contribution in [3.8, 4) is 0 Å². The molecule has 8 aromatic rings. The summed E-state index contributed by atoms with van der Waals surface area (Å²) in [5, 5.41) is 5.46. The second kappa shape index (κ2) is 19.5. The molecule has 264 valence electrons. The molecule has 8 aromatic carbocycles. The van der Waals surface area contributed by atoms with E-state index in [4.69, 9.17) is 0 Å². The second-order valence-electron chi connectivity index (χ2n) is 13.1. The Morgan fingerprint density at radius 2 is 0.870 bits per heavy atom. The zero-order valence-electron chi connectivity index (χ0n) is 30.4. The zero-order chi connectivity index (χ0) is 35.7. The number of hydrogen-bond acceptors (Lipinski definition) is 0. The molecule has 0 aromatic heterocycles. The van der Waals surface area contributed by atoms with Crippen LogP contribution in [-0.2, 0) is 24.2 Å². The van der Waals surface area contributed by atoms with Crippen molar-refractivity contribution in [2.45, 2.75) is 20.3 Å². The van der Waals surface area contributed by atoms with E-state index < -0.39 is 0 Å². The van der Waals surface area contributed by atoms with Gasteiger partial charge >= 0.3 is 99.2 Å². The van der Waals surface area contributed by atoms with Crippen molar-refractivity contribution >= 4 is 41.5 Å². The van der Waals surface area contributed by atoms with Gasteiger partial charge in [0.2, 0.25) is 0 Å². The third-order valence-electron chi connectivity index (χ3n) is 9.38. The van der Waals surface area contributed by atoms with Crippen LogP contribution in [0.2, 0.25) is 0 Å². The molecule has 0 atom stereocenters. The van der Waals surface area contributed by atoms with Crippen molar-refractivity contribution in [2.24, 2.45) is 0 Å². The number of fused-ring (bicyclic) bond motifs is 3. The molecule has 0 spiro atoms. The monoisotopic (exact) mass is 812 g/mol. The molecule has 0 N–H and O–H groups in total. The van der Waals surface area contributed by atoms with Gasteiger partial charge in [-0.2, -0.15) is 11.6 Å². The molecule has 0 amide bonds. The average Bonchev–Trinajstić information content (AvgIpc) is 3.81. The van der Waals surface area contributed by atoms with Crippen molar-refractivity contribution in [1.29, 1.82) is 0 Å². The standard InChI is InChI=1S/C23H17.C15H13.C13H10.2ClH.Zr/c1-4-10-18(11-5-1)21-16-17-22(19-12-6-2-7-13-19)23(21)20-14-8-3-9-15-20;1-10-3-5-14-12(7-10)9-13-8-11(2)4-6-15(13)14;1-3-7-12(8-4-1)11-13-9-5-2-6-10-13;;;/h1-15H,16H2;3-9H,1-2H3;1-10H;2*1H;/q2*-1;;;;+2/p-2. The predicted octanol–water partition coefficient (Wildman–Crippen LogP) is 7.03. The molecular weight excluding hydrogens is 775 g/mol. The van der Waals surface area contributed by atoms with Crippen molar-refractivity contribution in [3.05, 3.63) is 239 Å². The maximum atomic E-state index is 3.61. The van der Waals surface area contributed by atoms with Gasteiger partial charge in [-0.15, -0.1) is 63.0 Å². The van der Waals surface area contributed by atoms with Gasteiger partial charge in [0.25, 0.3) is 0 Å². The number of rotatable bonds is 5. The summed E-state index contributed by atoms with van der Waals surface area (Å²) in [7, 11) is 0. The number of aryl methyl sites for hydroxylation is 2. The molecule has 0 aliphatic heterocycles. The predicted molar refractivity (Wildman–Crippen MR) is 220 cm³/mol. The minimum atomic E-state index is 0. The summed E-state index contributed by atoms with van der Waals surface area (Å²) in [4.78, 5) is 0. The van der Waals surface area contributed by atoms with Gasteiger partial charge in [-0.25, -0.2) is 0 Å². The number of benzene rings is 7.